The summed E-state index contributed by atoms with van der Waals surface area (Å²) in [4.78, 5) is 11.8. The fourth-order valence-electron chi connectivity index (χ4n) is 2.31. The van der Waals surface area contributed by atoms with Crippen molar-refractivity contribution in [3.8, 4) is 0 Å². The predicted octanol–water partition coefficient (Wildman–Crippen LogP) is 3.14. The molecule has 2 rings (SSSR count). The van der Waals surface area contributed by atoms with E-state index in [2.05, 4.69) is 5.32 Å². The molecular weight excluding hydrogens is 365 g/mol. The highest BCUT2D eigenvalue weighted by atomic mass is 35.5. The third-order valence-electron chi connectivity index (χ3n) is 3.59. The molecule has 2 aromatic carbocycles. The summed E-state index contributed by atoms with van der Waals surface area (Å²) in [5, 5.41) is 2.47. The van der Waals surface area contributed by atoms with Gasteiger partial charge in [-0.25, -0.2) is 12.8 Å². The van der Waals surface area contributed by atoms with E-state index in [1.165, 1.54) is 18.2 Å². The van der Waals surface area contributed by atoms with E-state index >= 15 is 0 Å². The molecule has 1 amide bonds. The largest absolute Gasteiger partial charge is 0.351 e. The van der Waals surface area contributed by atoms with E-state index < -0.39 is 27.3 Å². The van der Waals surface area contributed by atoms with E-state index in [-0.39, 0.29) is 17.3 Å². The Hall–Kier alpha value is -1.92. The first-order valence-corrected chi connectivity index (χ1v) is 10.0. The molecule has 0 bridgehead atoms. The van der Waals surface area contributed by atoms with Gasteiger partial charge in [0.2, 0.25) is 5.91 Å². The van der Waals surface area contributed by atoms with E-state index in [0.29, 0.717) is 18.4 Å². The number of rotatable bonds is 8. The van der Waals surface area contributed by atoms with Gasteiger partial charge in [0.05, 0.1) is 10.8 Å². The molecule has 1 N–H and O–H groups in total. The Bertz CT molecular complexity index is 825. The Morgan fingerprint density at radius 3 is 2.48 bits per heavy atom. The van der Waals surface area contributed by atoms with Crippen molar-refractivity contribution >= 4 is 27.3 Å². The smallest absolute Gasteiger partial charge is 0.235 e. The van der Waals surface area contributed by atoms with Crippen LogP contribution in [0.4, 0.5) is 4.39 Å². The highest BCUT2D eigenvalue weighted by Gasteiger charge is 2.16. The summed E-state index contributed by atoms with van der Waals surface area (Å²) < 4.78 is 37.1. The molecule has 0 aliphatic carbocycles. The molecule has 134 valence electrons. The number of carbonyl (C=O) groups excluding carboxylic acids is 1. The van der Waals surface area contributed by atoms with Crippen molar-refractivity contribution < 1.29 is 17.6 Å². The van der Waals surface area contributed by atoms with Crippen molar-refractivity contribution in [2.24, 2.45) is 0 Å². The van der Waals surface area contributed by atoms with Crippen LogP contribution in [-0.4, -0.2) is 25.8 Å². The second kappa shape index (κ2) is 8.97. The zero-order chi connectivity index (χ0) is 18.3. The lowest BCUT2D eigenvalue weighted by atomic mass is 10.1. The van der Waals surface area contributed by atoms with Gasteiger partial charge < -0.3 is 5.32 Å². The normalized spacial score (nSPS) is 11.3. The van der Waals surface area contributed by atoms with E-state index in [9.17, 15) is 17.6 Å². The highest BCUT2D eigenvalue weighted by molar-refractivity contribution is 7.92. The summed E-state index contributed by atoms with van der Waals surface area (Å²) in [5.41, 5.74) is 1.66. The van der Waals surface area contributed by atoms with Gasteiger partial charge in [0.15, 0.2) is 9.84 Å². The van der Waals surface area contributed by atoms with Crippen molar-refractivity contribution in [1.82, 2.24) is 5.32 Å². The SMILES string of the molecule is O=C(CS(=O)(=O)CCCc1ccccc1)NCc1ccc(F)c(Cl)c1. The Balaban J connectivity index is 1.77. The fraction of sp³-hybridized carbons (Fsp3) is 0.278. The minimum Gasteiger partial charge on any atom is -0.351 e. The van der Waals surface area contributed by atoms with Crippen LogP contribution in [0.1, 0.15) is 17.5 Å². The van der Waals surface area contributed by atoms with Gasteiger partial charge in [-0.05, 0) is 36.1 Å². The molecule has 7 heteroatoms. The Kier molecular flexibility index (Phi) is 6.96. The molecule has 0 unspecified atom stereocenters. The molecule has 0 radical (unpaired) electrons. The summed E-state index contributed by atoms with van der Waals surface area (Å²) in [6.07, 6.45) is 1.11. The third-order valence-corrected chi connectivity index (χ3v) is 5.49. The molecule has 0 atom stereocenters. The molecule has 4 nitrogen and oxygen atoms in total. The minimum absolute atomic E-state index is 0.0414. The van der Waals surface area contributed by atoms with Gasteiger partial charge in [0.25, 0.3) is 0 Å². The number of aryl methyl sites for hydroxylation is 1. The second-order valence-corrected chi connectivity index (χ2v) is 8.30. The second-order valence-electron chi connectivity index (χ2n) is 5.71. The number of nitrogens with one attached hydrogen (secondary N) is 1. The number of benzene rings is 2. The van der Waals surface area contributed by atoms with Gasteiger partial charge >= 0.3 is 0 Å². The average molecular weight is 384 g/mol. The maximum atomic E-state index is 13.1. The van der Waals surface area contributed by atoms with Crippen LogP contribution in [0.5, 0.6) is 0 Å². The summed E-state index contributed by atoms with van der Waals surface area (Å²) in [6, 6.07) is 13.7. The van der Waals surface area contributed by atoms with Crippen molar-refractivity contribution in [3.63, 3.8) is 0 Å². The van der Waals surface area contributed by atoms with E-state index in [1.54, 1.807) is 0 Å². The van der Waals surface area contributed by atoms with Gasteiger partial charge in [-0.3, -0.25) is 4.79 Å². The zero-order valence-electron chi connectivity index (χ0n) is 13.5. The Morgan fingerprint density at radius 1 is 1.08 bits per heavy atom. The lowest BCUT2D eigenvalue weighted by Gasteiger charge is -2.07. The quantitative estimate of drug-likeness (QED) is 0.761. The first-order chi connectivity index (χ1) is 11.9. The van der Waals surface area contributed by atoms with E-state index in [4.69, 9.17) is 11.6 Å². The summed E-state index contributed by atoms with van der Waals surface area (Å²) in [6.45, 7) is 0.0956. The van der Waals surface area contributed by atoms with Gasteiger partial charge in [-0.15, -0.1) is 0 Å². The zero-order valence-corrected chi connectivity index (χ0v) is 15.1. The molecule has 0 heterocycles. The monoisotopic (exact) mass is 383 g/mol. The topological polar surface area (TPSA) is 63.2 Å². The lowest BCUT2D eigenvalue weighted by Crippen LogP contribution is -2.31. The van der Waals surface area contributed by atoms with Crippen LogP contribution in [-0.2, 0) is 27.6 Å². The number of halogens is 2. The van der Waals surface area contributed by atoms with Crippen molar-refractivity contribution in [1.29, 1.82) is 0 Å². The average Bonchev–Trinajstić information content (AvgIpc) is 2.56. The summed E-state index contributed by atoms with van der Waals surface area (Å²) in [7, 11) is -3.47. The maximum absolute atomic E-state index is 13.1. The molecule has 0 aliphatic heterocycles. The predicted molar refractivity (Wildman–Crippen MR) is 96.7 cm³/mol. The van der Waals surface area contributed by atoms with Crippen LogP contribution >= 0.6 is 11.6 Å². The van der Waals surface area contributed by atoms with Gasteiger partial charge in [0.1, 0.15) is 11.6 Å². The molecular formula is C18H19ClFNO3S. The molecule has 0 fully saturated rings. The fourth-order valence-corrected chi connectivity index (χ4v) is 3.75. The number of hydrogen-bond donors (Lipinski definition) is 1. The van der Waals surface area contributed by atoms with Crippen molar-refractivity contribution in [2.45, 2.75) is 19.4 Å². The number of hydrogen-bond acceptors (Lipinski definition) is 3. The van der Waals surface area contributed by atoms with Crippen LogP contribution < -0.4 is 5.32 Å². The maximum Gasteiger partial charge on any atom is 0.235 e. The van der Waals surface area contributed by atoms with Crippen LogP contribution in [0.15, 0.2) is 48.5 Å². The Labute approximate surface area is 151 Å². The molecule has 0 aliphatic rings. The minimum atomic E-state index is -3.47. The van der Waals surface area contributed by atoms with Gasteiger partial charge in [0, 0.05) is 6.54 Å². The van der Waals surface area contributed by atoms with Crippen molar-refractivity contribution in [2.75, 3.05) is 11.5 Å². The highest BCUT2D eigenvalue weighted by Crippen LogP contribution is 2.15. The molecule has 0 aromatic heterocycles. The Morgan fingerprint density at radius 2 is 1.80 bits per heavy atom. The molecule has 0 spiro atoms. The van der Waals surface area contributed by atoms with Crippen LogP contribution in [0.3, 0.4) is 0 Å². The van der Waals surface area contributed by atoms with Gasteiger partial charge in [-0.2, -0.15) is 0 Å². The number of carbonyl (C=O) groups is 1. The summed E-state index contributed by atoms with van der Waals surface area (Å²) >= 11 is 5.66. The van der Waals surface area contributed by atoms with Crippen molar-refractivity contribution in [3.05, 3.63) is 70.5 Å². The van der Waals surface area contributed by atoms with E-state index in [0.717, 1.165) is 5.56 Å². The molecule has 25 heavy (non-hydrogen) atoms. The first kappa shape index (κ1) is 19.4. The molecule has 2 aromatic rings. The standard InChI is InChI=1S/C18H19ClFNO3S/c19-16-11-15(8-9-17(16)20)12-21-18(22)13-25(23,24)10-4-7-14-5-2-1-3-6-14/h1-3,5-6,8-9,11H,4,7,10,12-13H2,(H,21,22). The third kappa shape index (κ3) is 6.84. The van der Waals surface area contributed by atoms with Crippen LogP contribution in [0.2, 0.25) is 5.02 Å². The number of amides is 1. The lowest BCUT2D eigenvalue weighted by molar-refractivity contribution is -0.118. The molecule has 0 saturated carbocycles. The van der Waals surface area contributed by atoms with Crippen LogP contribution in [0, 0.1) is 5.82 Å². The number of sulfone groups is 1. The van der Waals surface area contributed by atoms with Crippen LogP contribution in [0.25, 0.3) is 0 Å². The van der Waals surface area contributed by atoms with E-state index in [1.807, 2.05) is 30.3 Å². The molecule has 0 saturated heterocycles. The summed E-state index contributed by atoms with van der Waals surface area (Å²) in [5.74, 6) is -1.73. The van der Waals surface area contributed by atoms with Gasteiger partial charge in [-0.1, -0.05) is 48.0 Å². The first-order valence-electron chi connectivity index (χ1n) is 7.81.